The van der Waals surface area contributed by atoms with Crippen molar-refractivity contribution in [3.8, 4) is 0 Å². The van der Waals surface area contributed by atoms with Gasteiger partial charge in [0, 0.05) is 43.3 Å². The summed E-state index contributed by atoms with van der Waals surface area (Å²) in [6.07, 6.45) is 2.56. The van der Waals surface area contributed by atoms with E-state index in [4.69, 9.17) is 4.74 Å². The van der Waals surface area contributed by atoms with Gasteiger partial charge >= 0.3 is 5.97 Å². The van der Waals surface area contributed by atoms with Gasteiger partial charge in [-0.3, -0.25) is 4.79 Å². The summed E-state index contributed by atoms with van der Waals surface area (Å²) in [6, 6.07) is 23.3. The fraction of sp³-hybridized carbons (Fsp3) is 0.185. The van der Waals surface area contributed by atoms with E-state index in [9.17, 15) is 9.59 Å². The van der Waals surface area contributed by atoms with Gasteiger partial charge in [-0.1, -0.05) is 30.3 Å². The molecule has 1 aliphatic rings. The van der Waals surface area contributed by atoms with E-state index in [2.05, 4.69) is 11.4 Å². The normalized spacial score (nSPS) is 12.5. The number of rotatable bonds is 6. The van der Waals surface area contributed by atoms with Crippen molar-refractivity contribution in [3.63, 3.8) is 0 Å². The van der Waals surface area contributed by atoms with Crippen molar-refractivity contribution in [2.24, 2.45) is 0 Å². The van der Waals surface area contributed by atoms with Crippen LogP contribution in [0, 0.1) is 0 Å². The lowest BCUT2D eigenvalue weighted by atomic mass is 10.0. The molecule has 6 nitrogen and oxygen atoms in total. The maximum Gasteiger partial charge on any atom is 0.354 e. The van der Waals surface area contributed by atoms with Crippen molar-refractivity contribution >= 4 is 28.9 Å². The van der Waals surface area contributed by atoms with E-state index >= 15 is 0 Å². The molecule has 1 N–H and O–H groups in total. The van der Waals surface area contributed by atoms with Gasteiger partial charge < -0.3 is 19.9 Å². The van der Waals surface area contributed by atoms with Crippen LogP contribution >= 0.6 is 0 Å². The van der Waals surface area contributed by atoms with Crippen molar-refractivity contribution in [1.82, 2.24) is 5.32 Å². The number of carbonyl (C=O) groups is 2. The molecule has 0 saturated carbocycles. The molecular weight excluding hydrogens is 414 g/mol. The van der Waals surface area contributed by atoms with Gasteiger partial charge in [-0.2, -0.15) is 0 Å². The maximum absolute atomic E-state index is 12.6. The summed E-state index contributed by atoms with van der Waals surface area (Å²) in [6.45, 7) is 0.370. The van der Waals surface area contributed by atoms with Gasteiger partial charge in [0.05, 0.1) is 7.11 Å². The van der Waals surface area contributed by atoms with Gasteiger partial charge in [-0.25, -0.2) is 4.79 Å². The number of hydrogen-bond acceptors (Lipinski definition) is 5. The lowest BCUT2D eigenvalue weighted by molar-refractivity contribution is -0.136. The number of nitrogens with zero attached hydrogens (tertiary/aromatic N) is 2. The van der Waals surface area contributed by atoms with E-state index in [0.717, 1.165) is 28.2 Å². The van der Waals surface area contributed by atoms with Crippen molar-refractivity contribution in [2.45, 2.75) is 13.0 Å². The number of benzene rings is 3. The van der Waals surface area contributed by atoms with Crippen LogP contribution < -0.4 is 15.1 Å². The topological polar surface area (TPSA) is 61.9 Å². The van der Waals surface area contributed by atoms with Gasteiger partial charge in [-0.05, 0) is 66.1 Å². The van der Waals surface area contributed by atoms with Crippen molar-refractivity contribution in [3.05, 3.63) is 101 Å². The quantitative estimate of drug-likeness (QED) is 0.574. The number of methoxy groups -OCH3 is 1. The average molecular weight is 442 g/mol. The predicted molar refractivity (Wildman–Crippen MR) is 131 cm³/mol. The number of hydrogen-bond donors (Lipinski definition) is 1. The Bertz CT molecular complexity index is 1200. The van der Waals surface area contributed by atoms with E-state index in [1.54, 1.807) is 0 Å². The molecule has 0 radical (unpaired) electrons. The highest BCUT2D eigenvalue weighted by Gasteiger charge is 2.26. The summed E-state index contributed by atoms with van der Waals surface area (Å²) < 4.78 is 5.03. The number of fused-ring (bicyclic) bond motifs is 1. The molecule has 0 aromatic heterocycles. The molecule has 0 spiro atoms. The highest BCUT2D eigenvalue weighted by Crippen LogP contribution is 2.37. The van der Waals surface area contributed by atoms with Crippen LogP contribution in [-0.2, 0) is 22.5 Å². The van der Waals surface area contributed by atoms with E-state index in [1.165, 1.54) is 7.11 Å². The highest BCUT2D eigenvalue weighted by molar-refractivity contribution is 5.97. The molecule has 0 atom stereocenters. The Morgan fingerprint density at radius 1 is 1.00 bits per heavy atom. The highest BCUT2D eigenvalue weighted by atomic mass is 16.5. The smallest absolute Gasteiger partial charge is 0.354 e. The zero-order valence-electron chi connectivity index (χ0n) is 19.0. The first-order chi connectivity index (χ1) is 16.0. The second-order valence-corrected chi connectivity index (χ2v) is 8.04. The van der Waals surface area contributed by atoms with Crippen LogP contribution in [0.25, 0.3) is 0 Å². The first kappa shape index (κ1) is 22.1. The summed E-state index contributed by atoms with van der Waals surface area (Å²) in [7, 11) is 5.31. The summed E-state index contributed by atoms with van der Waals surface area (Å²) >= 11 is 0. The van der Waals surface area contributed by atoms with E-state index in [0.29, 0.717) is 24.2 Å². The second kappa shape index (κ2) is 9.61. The lowest BCUT2D eigenvalue weighted by Gasteiger charge is -2.31. The molecule has 0 unspecified atom stereocenters. The molecule has 3 aromatic rings. The number of allylic oxidation sites excluding steroid dienone is 1. The lowest BCUT2D eigenvalue weighted by Crippen LogP contribution is -2.28. The van der Waals surface area contributed by atoms with Crippen LogP contribution in [0.5, 0.6) is 0 Å². The first-order valence-electron chi connectivity index (χ1n) is 10.8. The number of para-hydroxylation sites is 1. The fourth-order valence-corrected chi connectivity index (χ4v) is 3.89. The molecule has 0 aliphatic carbocycles. The molecule has 6 heteroatoms. The van der Waals surface area contributed by atoms with Crippen molar-refractivity contribution in [1.29, 1.82) is 0 Å². The van der Waals surface area contributed by atoms with Gasteiger partial charge in [0.25, 0.3) is 5.91 Å². The van der Waals surface area contributed by atoms with E-state index in [-0.39, 0.29) is 11.9 Å². The minimum atomic E-state index is -0.385. The molecule has 1 heterocycles. The van der Waals surface area contributed by atoms with E-state index < -0.39 is 0 Å². The molecule has 0 bridgehead atoms. The Morgan fingerprint density at radius 3 is 2.48 bits per heavy atom. The third-order valence-corrected chi connectivity index (χ3v) is 5.65. The minimum absolute atomic E-state index is 0.135. The number of esters is 1. The largest absolute Gasteiger partial charge is 0.464 e. The monoisotopic (exact) mass is 441 g/mol. The number of ether oxygens (including phenoxy) is 1. The van der Waals surface area contributed by atoms with Crippen LogP contribution in [0.3, 0.4) is 0 Å². The molecule has 0 fully saturated rings. The first-order valence-corrected chi connectivity index (χ1v) is 10.8. The summed E-state index contributed by atoms with van der Waals surface area (Å²) in [4.78, 5) is 29.0. The summed E-state index contributed by atoms with van der Waals surface area (Å²) in [5, 5.41) is 2.98. The molecule has 168 valence electrons. The van der Waals surface area contributed by atoms with Crippen LogP contribution in [0.2, 0.25) is 0 Å². The van der Waals surface area contributed by atoms with Crippen LogP contribution in [0.15, 0.2) is 84.6 Å². The predicted octanol–water partition coefficient (Wildman–Crippen LogP) is 4.43. The van der Waals surface area contributed by atoms with E-state index in [1.807, 2.05) is 96.7 Å². The Balaban J connectivity index is 1.55. The molecular formula is C27H27N3O3. The average Bonchev–Trinajstić information content (AvgIpc) is 2.86. The van der Waals surface area contributed by atoms with Crippen LogP contribution in [0.4, 0.5) is 17.1 Å². The molecule has 4 rings (SSSR count). The summed E-state index contributed by atoms with van der Waals surface area (Å²) in [5.41, 5.74) is 5.97. The Morgan fingerprint density at radius 2 is 1.76 bits per heavy atom. The minimum Gasteiger partial charge on any atom is -0.464 e. The third kappa shape index (κ3) is 4.75. The van der Waals surface area contributed by atoms with Crippen molar-refractivity contribution < 1.29 is 14.3 Å². The molecule has 3 aromatic carbocycles. The Kier molecular flexibility index (Phi) is 6.45. The molecule has 0 saturated heterocycles. The molecule has 33 heavy (non-hydrogen) atoms. The Labute approximate surface area is 194 Å². The zero-order valence-corrected chi connectivity index (χ0v) is 19.0. The van der Waals surface area contributed by atoms with Crippen LogP contribution in [-0.4, -0.2) is 33.1 Å². The number of amides is 1. The standard InChI is InChI=1S/C27H27N3O3/c1-29(2)22-14-11-21(12-15-22)26(31)28-18-19-7-6-9-23(17-19)30-24-10-5-4-8-20(24)13-16-25(30)27(32)33-3/h4-12,14-17H,13,18H2,1-3H3,(H,28,31). The van der Waals surface area contributed by atoms with Gasteiger partial charge in [-0.15, -0.1) is 0 Å². The number of carbonyl (C=O) groups excluding carboxylic acids is 2. The third-order valence-electron chi connectivity index (χ3n) is 5.65. The van der Waals surface area contributed by atoms with Gasteiger partial charge in [0.1, 0.15) is 5.70 Å². The fourth-order valence-electron chi connectivity index (χ4n) is 3.89. The second-order valence-electron chi connectivity index (χ2n) is 8.04. The van der Waals surface area contributed by atoms with Gasteiger partial charge in [0.15, 0.2) is 0 Å². The molecule has 1 aliphatic heterocycles. The zero-order chi connectivity index (χ0) is 23.4. The summed E-state index contributed by atoms with van der Waals surface area (Å²) in [5.74, 6) is -0.520. The van der Waals surface area contributed by atoms with Crippen molar-refractivity contribution in [2.75, 3.05) is 31.0 Å². The SMILES string of the molecule is COC(=O)C1=CCc2ccccc2N1c1cccc(CNC(=O)c2ccc(N(C)C)cc2)c1. The Hall–Kier alpha value is -4.06. The van der Waals surface area contributed by atoms with Gasteiger partial charge in [0.2, 0.25) is 0 Å². The van der Waals surface area contributed by atoms with Crippen LogP contribution in [0.1, 0.15) is 21.5 Å². The number of nitrogens with one attached hydrogen (secondary N) is 1. The maximum atomic E-state index is 12.6. The number of anilines is 3. The molecule has 1 amide bonds.